The van der Waals surface area contributed by atoms with Gasteiger partial charge in [0.1, 0.15) is 35.0 Å². The quantitative estimate of drug-likeness (QED) is 0.546. The first kappa shape index (κ1) is 22.8. The van der Waals surface area contributed by atoms with Crippen LogP contribution in [0.1, 0.15) is 27.7 Å². The lowest BCUT2D eigenvalue weighted by molar-refractivity contribution is 0.0520. The Morgan fingerprint density at radius 1 is 1.33 bits per heavy atom. The summed E-state index contributed by atoms with van der Waals surface area (Å²) in [5.74, 6) is 1.46. The lowest BCUT2D eigenvalue weighted by Gasteiger charge is -2.34. The minimum absolute atomic E-state index is 0.178. The zero-order valence-electron chi connectivity index (χ0n) is 19.4. The van der Waals surface area contributed by atoms with Crippen molar-refractivity contribution in [2.75, 3.05) is 37.8 Å². The molecule has 3 aromatic heterocycles. The van der Waals surface area contributed by atoms with E-state index in [0.29, 0.717) is 36.7 Å². The molecule has 176 valence electrons. The number of anilines is 1. The summed E-state index contributed by atoms with van der Waals surface area (Å²) in [6.07, 6.45) is 2.94. The molecular weight excluding hydrogens is 424 g/mol. The van der Waals surface area contributed by atoms with Gasteiger partial charge >= 0.3 is 6.09 Å². The van der Waals surface area contributed by atoms with E-state index in [-0.39, 0.29) is 12.6 Å². The van der Waals surface area contributed by atoms with E-state index < -0.39 is 11.7 Å². The molecule has 10 heteroatoms. The summed E-state index contributed by atoms with van der Waals surface area (Å²) in [5.41, 5.74) is 1.64. The number of amides is 1. The number of nitrogens with zero attached hydrogens (tertiary/aromatic N) is 4. The van der Waals surface area contributed by atoms with Crippen molar-refractivity contribution in [3.05, 3.63) is 30.6 Å². The number of nitrogens with one attached hydrogen (secondary N) is 2. The van der Waals surface area contributed by atoms with Gasteiger partial charge in [0.05, 0.1) is 31.5 Å². The third-order valence-electron chi connectivity index (χ3n) is 5.12. The van der Waals surface area contributed by atoms with Crippen molar-refractivity contribution in [3.8, 4) is 17.1 Å². The van der Waals surface area contributed by atoms with E-state index in [1.54, 1.807) is 12.4 Å². The maximum atomic E-state index is 11.9. The number of carbonyl (C=O) groups is 1. The van der Waals surface area contributed by atoms with Gasteiger partial charge in [0.2, 0.25) is 0 Å². The molecule has 4 rings (SSSR count). The number of H-pyrrole nitrogens is 1. The molecule has 1 aliphatic heterocycles. The largest absolute Gasteiger partial charge is 0.491 e. The van der Waals surface area contributed by atoms with Crippen molar-refractivity contribution in [2.45, 2.75) is 39.3 Å². The van der Waals surface area contributed by atoms with Crippen molar-refractivity contribution in [2.24, 2.45) is 0 Å². The molecule has 1 atom stereocenters. The minimum atomic E-state index is -0.550. The molecule has 1 amide bonds. The second kappa shape index (κ2) is 9.62. The molecule has 0 radical (unpaired) electrons. The maximum Gasteiger partial charge on any atom is 0.407 e. The van der Waals surface area contributed by atoms with Gasteiger partial charge in [-0.15, -0.1) is 0 Å². The van der Waals surface area contributed by atoms with Crippen molar-refractivity contribution < 1.29 is 19.0 Å². The van der Waals surface area contributed by atoms with E-state index in [1.807, 2.05) is 39.0 Å². The normalized spacial score (nSPS) is 16.6. The first-order valence-electron chi connectivity index (χ1n) is 11.1. The highest BCUT2D eigenvalue weighted by molar-refractivity contribution is 5.95. The number of aromatic nitrogens is 4. The highest BCUT2D eigenvalue weighted by Gasteiger charge is 2.23. The van der Waals surface area contributed by atoms with Crippen LogP contribution in [0.15, 0.2) is 30.6 Å². The maximum absolute atomic E-state index is 11.9. The molecule has 33 heavy (non-hydrogen) atoms. The lowest BCUT2D eigenvalue weighted by Crippen LogP contribution is -2.44. The fourth-order valence-corrected chi connectivity index (χ4v) is 3.65. The zero-order valence-corrected chi connectivity index (χ0v) is 19.4. The predicted molar refractivity (Wildman–Crippen MR) is 124 cm³/mol. The lowest BCUT2D eigenvalue weighted by atomic mass is 10.1. The van der Waals surface area contributed by atoms with Crippen molar-refractivity contribution in [1.29, 1.82) is 0 Å². The molecule has 1 fully saturated rings. The fraction of sp³-hybridized carbons (Fsp3) is 0.478. The van der Waals surface area contributed by atoms with E-state index in [2.05, 4.69) is 32.3 Å². The molecule has 1 saturated heterocycles. The predicted octanol–water partition coefficient (Wildman–Crippen LogP) is 3.15. The number of hydrogen-bond acceptors (Lipinski definition) is 8. The number of alkyl carbamates (subject to hydrolysis) is 1. The van der Waals surface area contributed by atoms with Gasteiger partial charge in [0, 0.05) is 30.4 Å². The topological polar surface area (TPSA) is 114 Å². The van der Waals surface area contributed by atoms with Crippen LogP contribution >= 0.6 is 0 Å². The average Bonchev–Trinajstić information content (AvgIpc) is 3.30. The van der Waals surface area contributed by atoms with Gasteiger partial charge in [-0.3, -0.25) is 10.1 Å². The molecule has 3 aromatic rings. The molecular formula is C23H30N6O4. The summed E-state index contributed by atoms with van der Waals surface area (Å²) in [4.78, 5) is 23.6. The van der Waals surface area contributed by atoms with Gasteiger partial charge in [-0.2, -0.15) is 5.10 Å². The molecule has 1 aliphatic rings. The Morgan fingerprint density at radius 2 is 2.18 bits per heavy atom. The van der Waals surface area contributed by atoms with Crippen molar-refractivity contribution in [1.82, 2.24) is 25.5 Å². The summed E-state index contributed by atoms with van der Waals surface area (Å²) in [7, 11) is 0. The summed E-state index contributed by atoms with van der Waals surface area (Å²) < 4.78 is 17.0. The number of carbonyl (C=O) groups excluding carboxylic acids is 1. The summed E-state index contributed by atoms with van der Waals surface area (Å²) in [6.45, 7) is 10.2. The van der Waals surface area contributed by atoms with Crippen molar-refractivity contribution in [3.63, 3.8) is 0 Å². The molecule has 0 spiro atoms. The molecule has 2 N–H and O–H groups in total. The summed E-state index contributed by atoms with van der Waals surface area (Å²) >= 11 is 0. The number of aromatic amines is 1. The van der Waals surface area contributed by atoms with Crippen LogP contribution in [0.2, 0.25) is 0 Å². The van der Waals surface area contributed by atoms with Gasteiger partial charge in [0.25, 0.3) is 0 Å². The second-order valence-corrected chi connectivity index (χ2v) is 8.90. The van der Waals surface area contributed by atoms with Crippen LogP contribution in [-0.4, -0.2) is 70.8 Å². The Balaban J connectivity index is 1.61. The molecule has 1 unspecified atom stereocenters. The van der Waals surface area contributed by atoms with Crippen LogP contribution in [0.4, 0.5) is 10.6 Å². The third-order valence-corrected chi connectivity index (χ3v) is 5.12. The van der Waals surface area contributed by atoms with Crippen LogP contribution in [0.25, 0.3) is 22.3 Å². The van der Waals surface area contributed by atoms with Gasteiger partial charge in [0.15, 0.2) is 0 Å². The van der Waals surface area contributed by atoms with E-state index in [9.17, 15) is 4.79 Å². The van der Waals surface area contributed by atoms with Gasteiger partial charge in [-0.1, -0.05) is 0 Å². The Bertz CT molecular complexity index is 1100. The van der Waals surface area contributed by atoms with E-state index in [1.165, 1.54) is 0 Å². The van der Waals surface area contributed by atoms with E-state index in [4.69, 9.17) is 19.2 Å². The van der Waals surface area contributed by atoms with Crippen LogP contribution < -0.4 is 15.0 Å². The van der Waals surface area contributed by atoms with Crippen LogP contribution in [0, 0.1) is 0 Å². The average molecular weight is 455 g/mol. The number of fused-ring (bicyclic) bond motifs is 1. The number of ether oxygens (including phenoxy) is 3. The number of pyridine rings is 2. The Hall–Kier alpha value is -3.40. The smallest absolute Gasteiger partial charge is 0.407 e. The molecule has 4 heterocycles. The summed E-state index contributed by atoms with van der Waals surface area (Å²) in [6, 6.07) is 5.86. The van der Waals surface area contributed by atoms with Crippen LogP contribution in [-0.2, 0) is 9.47 Å². The first-order valence-corrected chi connectivity index (χ1v) is 11.1. The molecule has 0 bridgehead atoms. The SMILES string of the molecule is CC1COCCN1c1cc(OCCNC(=O)OC(C)(C)C)c2ccnc(-c3ccn[nH]3)c2n1. The zero-order chi connectivity index (χ0) is 23.4. The van der Waals surface area contributed by atoms with Gasteiger partial charge in [-0.25, -0.2) is 9.78 Å². The monoisotopic (exact) mass is 454 g/mol. The standard InChI is InChI=1S/C23H30N6O4/c1-15-14-31-12-10-29(15)19-13-18(32-11-9-25-22(30)33-23(2,3)4)16-5-7-24-21(20(16)27-19)17-6-8-26-28-17/h5-8,13,15H,9-12,14H2,1-4H3,(H,25,30)(H,26,28). The number of rotatable bonds is 6. The molecule has 0 aliphatic carbocycles. The molecule has 10 nitrogen and oxygen atoms in total. The number of morpholine rings is 1. The highest BCUT2D eigenvalue weighted by Crippen LogP contribution is 2.34. The van der Waals surface area contributed by atoms with Crippen LogP contribution in [0.3, 0.4) is 0 Å². The Labute approximate surface area is 192 Å². The number of hydrogen-bond donors (Lipinski definition) is 2. The van der Waals surface area contributed by atoms with Gasteiger partial charge in [-0.05, 0) is 39.8 Å². The van der Waals surface area contributed by atoms with E-state index >= 15 is 0 Å². The highest BCUT2D eigenvalue weighted by atomic mass is 16.6. The van der Waals surface area contributed by atoms with E-state index in [0.717, 1.165) is 23.4 Å². The summed E-state index contributed by atoms with van der Waals surface area (Å²) in [5, 5.41) is 10.6. The first-order chi connectivity index (χ1) is 15.8. The van der Waals surface area contributed by atoms with Gasteiger partial charge < -0.3 is 24.4 Å². The van der Waals surface area contributed by atoms with Crippen molar-refractivity contribution >= 4 is 22.8 Å². The molecule has 0 aromatic carbocycles. The molecule has 0 saturated carbocycles. The Kier molecular flexibility index (Phi) is 6.64. The second-order valence-electron chi connectivity index (χ2n) is 8.90. The third kappa shape index (κ3) is 5.51. The Morgan fingerprint density at radius 3 is 2.91 bits per heavy atom. The fourth-order valence-electron chi connectivity index (χ4n) is 3.65. The van der Waals surface area contributed by atoms with Crippen LogP contribution in [0.5, 0.6) is 5.75 Å². The minimum Gasteiger partial charge on any atom is -0.491 e.